The molecule has 6 nitrogen and oxygen atoms in total. The summed E-state index contributed by atoms with van der Waals surface area (Å²) in [5, 5.41) is 8.18. The standard InChI is InChI=1S/C18H15F3N4O2S2/c1-9-23-15-14-13(8-22-24-14)16(10-2-3-10)25(17(15)28-9)29(26,27)12-6-4-11(5-7-12)18(19,20)21/h4-8,10,16H,2-3H2,1H3,(H,22,24). The van der Waals surface area contributed by atoms with Crippen LogP contribution in [0.25, 0.3) is 11.4 Å². The van der Waals surface area contributed by atoms with Crippen molar-refractivity contribution in [3.05, 3.63) is 46.6 Å². The summed E-state index contributed by atoms with van der Waals surface area (Å²) in [4.78, 5) is 4.29. The van der Waals surface area contributed by atoms with E-state index in [0.29, 0.717) is 21.4 Å². The number of halogens is 3. The molecule has 1 aliphatic heterocycles. The highest BCUT2D eigenvalue weighted by atomic mass is 32.2. The van der Waals surface area contributed by atoms with Crippen molar-refractivity contribution in [2.45, 2.75) is 36.9 Å². The van der Waals surface area contributed by atoms with Crippen molar-refractivity contribution in [1.29, 1.82) is 0 Å². The van der Waals surface area contributed by atoms with Gasteiger partial charge in [0.05, 0.1) is 33.4 Å². The van der Waals surface area contributed by atoms with E-state index < -0.39 is 27.8 Å². The lowest BCUT2D eigenvalue weighted by Crippen LogP contribution is -2.38. The molecule has 29 heavy (non-hydrogen) atoms. The maximum Gasteiger partial charge on any atom is 0.416 e. The summed E-state index contributed by atoms with van der Waals surface area (Å²) in [6, 6.07) is 3.17. The van der Waals surface area contributed by atoms with Gasteiger partial charge < -0.3 is 0 Å². The Labute approximate surface area is 168 Å². The van der Waals surface area contributed by atoms with Crippen molar-refractivity contribution in [3.63, 3.8) is 0 Å². The molecule has 1 aromatic carbocycles. The lowest BCUT2D eigenvalue weighted by Gasteiger charge is -2.35. The van der Waals surface area contributed by atoms with Gasteiger partial charge in [-0.1, -0.05) is 0 Å². The zero-order valence-corrected chi connectivity index (χ0v) is 16.7. The predicted molar refractivity (Wildman–Crippen MR) is 101 cm³/mol. The molecule has 0 saturated heterocycles. The van der Waals surface area contributed by atoms with E-state index in [1.165, 1.54) is 15.6 Å². The van der Waals surface area contributed by atoms with Crippen molar-refractivity contribution in [2.24, 2.45) is 5.92 Å². The summed E-state index contributed by atoms with van der Waals surface area (Å²) in [6.45, 7) is 1.79. The summed E-state index contributed by atoms with van der Waals surface area (Å²) < 4.78 is 67.2. The molecule has 0 bridgehead atoms. The Kier molecular flexibility index (Phi) is 3.88. The molecule has 2 aliphatic rings. The minimum atomic E-state index is -4.53. The number of hydrogen-bond donors (Lipinski definition) is 1. The topological polar surface area (TPSA) is 79.0 Å². The summed E-state index contributed by atoms with van der Waals surface area (Å²) >= 11 is 1.25. The number of alkyl halides is 3. The monoisotopic (exact) mass is 440 g/mol. The van der Waals surface area contributed by atoms with Gasteiger partial charge in [-0.3, -0.25) is 5.10 Å². The fraction of sp³-hybridized carbons (Fsp3) is 0.333. The van der Waals surface area contributed by atoms with Gasteiger partial charge in [0, 0.05) is 5.56 Å². The first-order valence-corrected chi connectivity index (χ1v) is 11.2. The number of aryl methyl sites for hydroxylation is 1. The van der Waals surface area contributed by atoms with Crippen LogP contribution in [0, 0.1) is 12.8 Å². The predicted octanol–water partition coefficient (Wildman–Crippen LogP) is 4.52. The number of nitrogens with one attached hydrogen (secondary N) is 1. The van der Waals surface area contributed by atoms with Crippen LogP contribution in [0.5, 0.6) is 0 Å². The molecule has 1 N–H and O–H groups in total. The van der Waals surface area contributed by atoms with E-state index in [-0.39, 0.29) is 10.8 Å². The number of thiazole rings is 1. The number of aromatic nitrogens is 3. The van der Waals surface area contributed by atoms with Crippen molar-refractivity contribution >= 4 is 26.4 Å². The molecule has 1 saturated carbocycles. The van der Waals surface area contributed by atoms with Crippen molar-refractivity contribution in [2.75, 3.05) is 4.31 Å². The Morgan fingerprint density at radius 1 is 1.21 bits per heavy atom. The van der Waals surface area contributed by atoms with Gasteiger partial charge >= 0.3 is 6.18 Å². The van der Waals surface area contributed by atoms with E-state index >= 15 is 0 Å². The molecular formula is C18H15F3N4O2S2. The van der Waals surface area contributed by atoms with Crippen molar-refractivity contribution < 1.29 is 21.6 Å². The van der Waals surface area contributed by atoms with Gasteiger partial charge in [0.1, 0.15) is 10.7 Å². The Morgan fingerprint density at radius 2 is 1.90 bits per heavy atom. The highest BCUT2D eigenvalue weighted by Crippen LogP contribution is 2.56. The normalized spacial score (nSPS) is 19.2. The molecule has 1 atom stereocenters. The third-order valence-corrected chi connectivity index (χ3v) is 8.08. The van der Waals surface area contributed by atoms with Crippen LogP contribution in [-0.2, 0) is 16.2 Å². The van der Waals surface area contributed by atoms with Crippen LogP contribution >= 0.6 is 11.3 Å². The van der Waals surface area contributed by atoms with Gasteiger partial charge in [-0.15, -0.1) is 11.3 Å². The molecule has 1 aliphatic carbocycles. The fourth-order valence-electron chi connectivity index (χ4n) is 3.74. The van der Waals surface area contributed by atoms with Gasteiger partial charge in [-0.25, -0.2) is 17.7 Å². The van der Waals surface area contributed by atoms with Crippen LogP contribution in [-0.4, -0.2) is 23.6 Å². The van der Waals surface area contributed by atoms with Crippen LogP contribution in [0.2, 0.25) is 0 Å². The number of fused-ring (bicyclic) bond motifs is 3. The summed E-state index contributed by atoms with van der Waals surface area (Å²) in [5.74, 6) is 0.131. The highest BCUT2D eigenvalue weighted by molar-refractivity contribution is 7.93. The Balaban J connectivity index is 1.67. The lowest BCUT2D eigenvalue weighted by molar-refractivity contribution is -0.137. The van der Waals surface area contributed by atoms with Crippen LogP contribution < -0.4 is 4.31 Å². The Morgan fingerprint density at radius 3 is 2.52 bits per heavy atom. The number of nitrogens with zero attached hydrogens (tertiary/aromatic N) is 3. The maximum absolute atomic E-state index is 13.6. The zero-order valence-electron chi connectivity index (χ0n) is 15.1. The van der Waals surface area contributed by atoms with E-state index in [9.17, 15) is 21.6 Å². The van der Waals surface area contributed by atoms with Crippen LogP contribution in [0.1, 0.15) is 35.0 Å². The largest absolute Gasteiger partial charge is 0.416 e. The van der Waals surface area contributed by atoms with E-state index in [2.05, 4.69) is 15.2 Å². The fourth-order valence-corrected chi connectivity index (χ4v) is 6.60. The lowest BCUT2D eigenvalue weighted by atomic mass is 9.98. The van der Waals surface area contributed by atoms with Gasteiger partial charge in [-0.05, 0) is 49.9 Å². The van der Waals surface area contributed by atoms with E-state index in [0.717, 1.165) is 42.7 Å². The molecule has 0 radical (unpaired) electrons. The number of anilines is 1. The molecule has 3 heterocycles. The quantitative estimate of drug-likeness (QED) is 0.650. The number of benzene rings is 1. The third-order valence-electron chi connectivity index (χ3n) is 5.20. The first kappa shape index (κ1) is 18.6. The van der Waals surface area contributed by atoms with Gasteiger partial charge in [0.15, 0.2) is 0 Å². The van der Waals surface area contributed by atoms with Crippen LogP contribution in [0.3, 0.4) is 0 Å². The second-order valence-corrected chi connectivity index (χ2v) is 10.2. The van der Waals surface area contributed by atoms with E-state index in [4.69, 9.17) is 0 Å². The summed E-state index contributed by atoms with van der Waals surface area (Å²) in [6.07, 6.45) is -1.16. The number of sulfonamides is 1. The minimum Gasteiger partial charge on any atom is -0.276 e. The molecule has 0 amide bonds. The smallest absolute Gasteiger partial charge is 0.276 e. The second-order valence-electron chi connectivity index (χ2n) is 7.19. The Bertz CT molecular complexity index is 1190. The van der Waals surface area contributed by atoms with Gasteiger partial charge in [-0.2, -0.15) is 18.3 Å². The van der Waals surface area contributed by atoms with Crippen molar-refractivity contribution in [3.8, 4) is 11.4 Å². The van der Waals surface area contributed by atoms with Crippen LogP contribution in [0.15, 0.2) is 35.4 Å². The van der Waals surface area contributed by atoms with Gasteiger partial charge in [0.25, 0.3) is 10.0 Å². The number of hydrogen-bond acceptors (Lipinski definition) is 5. The van der Waals surface area contributed by atoms with E-state index in [1.807, 2.05) is 0 Å². The van der Waals surface area contributed by atoms with Crippen LogP contribution in [0.4, 0.5) is 18.2 Å². The molecule has 5 rings (SSSR count). The molecule has 152 valence electrons. The van der Waals surface area contributed by atoms with Gasteiger partial charge in [0.2, 0.25) is 0 Å². The number of H-pyrrole nitrogens is 1. The third kappa shape index (κ3) is 2.86. The van der Waals surface area contributed by atoms with E-state index in [1.54, 1.807) is 13.1 Å². The summed E-state index contributed by atoms with van der Waals surface area (Å²) in [5.41, 5.74) is 1.08. The first-order valence-electron chi connectivity index (χ1n) is 8.90. The highest BCUT2D eigenvalue weighted by Gasteiger charge is 2.48. The van der Waals surface area contributed by atoms with Crippen molar-refractivity contribution in [1.82, 2.24) is 15.2 Å². The number of aromatic amines is 1. The second kappa shape index (κ2) is 6.05. The minimum absolute atomic E-state index is 0.131. The zero-order chi connectivity index (χ0) is 20.6. The molecular weight excluding hydrogens is 425 g/mol. The molecule has 1 fully saturated rings. The molecule has 11 heteroatoms. The molecule has 0 spiro atoms. The maximum atomic E-state index is 13.6. The summed E-state index contributed by atoms with van der Waals surface area (Å²) in [7, 11) is -4.10. The molecule has 3 aromatic rings. The average molecular weight is 440 g/mol. The first-order chi connectivity index (χ1) is 13.7. The SMILES string of the molecule is Cc1nc2c(s1)N(S(=O)(=O)c1ccc(C(F)(F)F)cc1)C(C1CC1)c1cn[nH]c1-2. The molecule has 1 unspecified atom stereocenters. The average Bonchev–Trinajstić information content (AvgIpc) is 3.24. The Hall–Kier alpha value is -2.40. The molecule has 2 aromatic heterocycles. The number of rotatable bonds is 3.